The van der Waals surface area contributed by atoms with E-state index in [4.69, 9.17) is 4.74 Å². The van der Waals surface area contributed by atoms with E-state index < -0.39 is 4.92 Å². The zero-order chi connectivity index (χ0) is 15.2. The van der Waals surface area contributed by atoms with E-state index >= 15 is 0 Å². The van der Waals surface area contributed by atoms with Crippen LogP contribution in [0.4, 0.5) is 11.4 Å². The Morgan fingerprint density at radius 1 is 1.43 bits per heavy atom. The number of hydrogen-bond acceptors (Lipinski definition) is 4. The van der Waals surface area contributed by atoms with Crippen molar-refractivity contribution in [2.75, 3.05) is 18.6 Å². The van der Waals surface area contributed by atoms with E-state index in [9.17, 15) is 14.9 Å². The standard InChI is InChI=1S/C15H20N2O4/c1-21-10-9-15(18)16(12-5-2-3-6-12)13-7-4-8-14(11-13)17(19)20/h4,7-8,11-12H,2-3,5-6,9-10H2,1H3. The first kappa shape index (κ1) is 15.4. The first-order chi connectivity index (χ1) is 10.1. The minimum Gasteiger partial charge on any atom is -0.384 e. The van der Waals surface area contributed by atoms with Crippen molar-refractivity contribution in [2.24, 2.45) is 0 Å². The molecule has 0 aliphatic heterocycles. The number of hydrogen-bond donors (Lipinski definition) is 0. The number of ether oxygens (including phenoxy) is 1. The van der Waals surface area contributed by atoms with Crippen molar-refractivity contribution in [1.29, 1.82) is 0 Å². The summed E-state index contributed by atoms with van der Waals surface area (Å²) in [5.41, 5.74) is 0.618. The quantitative estimate of drug-likeness (QED) is 0.597. The van der Waals surface area contributed by atoms with Gasteiger partial charge in [-0.25, -0.2) is 0 Å². The van der Waals surface area contributed by atoms with Gasteiger partial charge in [-0.1, -0.05) is 18.9 Å². The summed E-state index contributed by atoms with van der Waals surface area (Å²) in [6, 6.07) is 6.44. The Balaban J connectivity index is 2.27. The van der Waals surface area contributed by atoms with Gasteiger partial charge >= 0.3 is 0 Å². The number of anilines is 1. The Labute approximate surface area is 123 Å². The van der Waals surface area contributed by atoms with Gasteiger partial charge in [0.15, 0.2) is 0 Å². The summed E-state index contributed by atoms with van der Waals surface area (Å²) in [6.07, 6.45) is 4.36. The van der Waals surface area contributed by atoms with Crippen LogP contribution in [0.15, 0.2) is 24.3 Å². The monoisotopic (exact) mass is 292 g/mol. The molecule has 1 aromatic rings. The molecule has 6 heteroatoms. The fourth-order valence-electron chi connectivity index (χ4n) is 2.79. The minimum atomic E-state index is -0.435. The van der Waals surface area contributed by atoms with E-state index in [2.05, 4.69) is 0 Å². The lowest BCUT2D eigenvalue weighted by Gasteiger charge is -2.29. The van der Waals surface area contributed by atoms with Crippen LogP contribution in [-0.2, 0) is 9.53 Å². The van der Waals surface area contributed by atoms with Gasteiger partial charge in [-0.15, -0.1) is 0 Å². The number of rotatable bonds is 6. The molecular formula is C15H20N2O4. The molecule has 0 saturated heterocycles. The van der Waals surface area contributed by atoms with Crippen molar-refractivity contribution in [3.8, 4) is 0 Å². The summed E-state index contributed by atoms with van der Waals surface area (Å²) < 4.78 is 4.97. The highest BCUT2D eigenvalue weighted by atomic mass is 16.6. The van der Waals surface area contributed by atoms with Crippen LogP contribution in [0, 0.1) is 10.1 Å². The Bertz CT molecular complexity index is 512. The zero-order valence-corrected chi connectivity index (χ0v) is 12.2. The lowest BCUT2D eigenvalue weighted by molar-refractivity contribution is -0.384. The lowest BCUT2D eigenvalue weighted by Crippen LogP contribution is -2.39. The van der Waals surface area contributed by atoms with E-state index in [1.54, 1.807) is 24.1 Å². The van der Waals surface area contributed by atoms with Crippen molar-refractivity contribution >= 4 is 17.3 Å². The summed E-state index contributed by atoms with van der Waals surface area (Å²) in [6.45, 7) is 0.358. The summed E-state index contributed by atoms with van der Waals surface area (Å²) in [7, 11) is 1.56. The smallest absolute Gasteiger partial charge is 0.271 e. The summed E-state index contributed by atoms with van der Waals surface area (Å²) in [5, 5.41) is 10.9. The third-order valence-electron chi connectivity index (χ3n) is 3.80. The predicted octanol–water partition coefficient (Wildman–Crippen LogP) is 2.91. The lowest BCUT2D eigenvalue weighted by atomic mass is 10.1. The van der Waals surface area contributed by atoms with Crippen molar-refractivity contribution < 1.29 is 14.5 Å². The van der Waals surface area contributed by atoms with Gasteiger partial charge in [-0.2, -0.15) is 0 Å². The fraction of sp³-hybridized carbons (Fsp3) is 0.533. The molecule has 0 aromatic heterocycles. The number of amides is 1. The second-order valence-corrected chi connectivity index (χ2v) is 5.22. The molecule has 0 radical (unpaired) electrons. The van der Waals surface area contributed by atoms with Crippen LogP contribution in [-0.4, -0.2) is 30.6 Å². The van der Waals surface area contributed by atoms with Crippen LogP contribution < -0.4 is 4.90 Å². The summed E-state index contributed by atoms with van der Waals surface area (Å²) >= 11 is 0. The van der Waals surface area contributed by atoms with Crippen LogP contribution in [0.3, 0.4) is 0 Å². The van der Waals surface area contributed by atoms with Gasteiger partial charge in [-0.05, 0) is 18.9 Å². The molecule has 0 atom stereocenters. The molecular weight excluding hydrogens is 272 g/mol. The maximum Gasteiger partial charge on any atom is 0.271 e. The highest BCUT2D eigenvalue weighted by molar-refractivity contribution is 5.94. The number of nitro benzene ring substituents is 1. The molecule has 1 aliphatic carbocycles. The highest BCUT2D eigenvalue weighted by Crippen LogP contribution is 2.30. The molecule has 1 fully saturated rings. The molecule has 0 unspecified atom stereocenters. The van der Waals surface area contributed by atoms with Gasteiger partial charge in [0.1, 0.15) is 0 Å². The van der Waals surface area contributed by atoms with Gasteiger partial charge in [-0.3, -0.25) is 14.9 Å². The van der Waals surface area contributed by atoms with E-state index in [0.29, 0.717) is 12.3 Å². The normalized spacial score (nSPS) is 15.1. The molecule has 21 heavy (non-hydrogen) atoms. The van der Waals surface area contributed by atoms with Crippen LogP contribution in [0.25, 0.3) is 0 Å². The maximum atomic E-state index is 12.4. The Kier molecular flexibility index (Phi) is 5.27. The van der Waals surface area contributed by atoms with Crippen molar-refractivity contribution in [2.45, 2.75) is 38.1 Å². The van der Waals surface area contributed by atoms with E-state index in [0.717, 1.165) is 25.7 Å². The van der Waals surface area contributed by atoms with Crippen LogP contribution in [0.1, 0.15) is 32.1 Å². The Morgan fingerprint density at radius 3 is 2.76 bits per heavy atom. The van der Waals surface area contributed by atoms with E-state index in [-0.39, 0.29) is 24.1 Å². The molecule has 0 N–H and O–H groups in total. The minimum absolute atomic E-state index is 0.00929. The molecule has 6 nitrogen and oxygen atoms in total. The Morgan fingerprint density at radius 2 is 2.14 bits per heavy atom. The third-order valence-corrected chi connectivity index (χ3v) is 3.80. The first-order valence-corrected chi connectivity index (χ1v) is 7.19. The Hall–Kier alpha value is -1.95. The topological polar surface area (TPSA) is 72.7 Å². The summed E-state index contributed by atoms with van der Waals surface area (Å²) in [5.74, 6) is -0.0377. The van der Waals surface area contributed by atoms with Gasteiger partial charge in [0.05, 0.1) is 23.6 Å². The van der Waals surface area contributed by atoms with Crippen molar-refractivity contribution in [1.82, 2.24) is 0 Å². The molecule has 0 heterocycles. The van der Waals surface area contributed by atoms with Gasteiger partial charge in [0.25, 0.3) is 5.69 Å². The largest absolute Gasteiger partial charge is 0.384 e. The second kappa shape index (κ2) is 7.17. The van der Waals surface area contributed by atoms with Gasteiger partial charge in [0.2, 0.25) is 5.91 Å². The number of carbonyl (C=O) groups excluding carboxylic acids is 1. The average molecular weight is 292 g/mol. The maximum absolute atomic E-state index is 12.4. The van der Waals surface area contributed by atoms with Crippen molar-refractivity contribution in [3.05, 3.63) is 34.4 Å². The van der Waals surface area contributed by atoms with E-state index in [1.165, 1.54) is 12.1 Å². The summed E-state index contributed by atoms with van der Waals surface area (Å²) in [4.78, 5) is 24.7. The first-order valence-electron chi connectivity index (χ1n) is 7.19. The number of non-ortho nitro benzene ring substituents is 1. The van der Waals surface area contributed by atoms with Gasteiger partial charge < -0.3 is 9.64 Å². The van der Waals surface area contributed by atoms with Crippen molar-refractivity contribution in [3.63, 3.8) is 0 Å². The zero-order valence-electron chi connectivity index (χ0n) is 12.2. The second-order valence-electron chi connectivity index (χ2n) is 5.22. The van der Waals surface area contributed by atoms with E-state index in [1.807, 2.05) is 0 Å². The fourth-order valence-corrected chi connectivity index (χ4v) is 2.79. The number of nitro groups is 1. The molecule has 1 saturated carbocycles. The molecule has 1 aliphatic rings. The van der Waals surface area contributed by atoms with Crippen LogP contribution in [0.2, 0.25) is 0 Å². The molecule has 0 spiro atoms. The van der Waals surface area contributed by atoms with Crippen LogP contribution >= 0.6 is 0 Å². The molecule has 0 bridgehead atoms. The van der Waals surface area contributed by atoms with Crippen LogP contribution in [0.5, 0.6) is 0 Å². The number of nitrogens with zero attached hydrogens (tertiary/aromatic N) is 2. The number of methoxy groups -OCH3 is 1. The molecule has 2 rings (SSSR count). The average Bonchev–Trinajstić information content (AvgIpc) is 2.99. The molecule has 114 valence electrons. The van der Waals surface area contributed by atoms with Gasteiger partial charge in [0, 0.05) is 25.3 Å². The number of benzene rings is 1. The number of carbonyl (C=O) groups is 1. The molecule has 1 aromatic carbocycles. The molecule has 1 amide bonds. The third kappa shape index (κ3) is 3.78. The SMILES string of the molecule is COCCC(=O)N(c1cccc([N+](=O)[O-])c1)C1CCCC1. The highest BCUT2D eigenvalue weighted by Gasteiger charge is 2.28. The predicted molar refractivity (Wildman–Crippen MR) is 79.3 cm³/mol.